The molecule has 0 atom stereocenters. The zero-order valence-corrected chi connectivity index (χ0v) is 12.4. The maximum absolute atomic E-state index is 14.2. The average Bonchev–Trinajstić information content (AvgIpc) is 2.47. The number of carboxylic acids is 1. The molecule has 10 heteroatoms. The second-order valence-corrected chi connectivity index (χ2v) is 5.93. The lowest BCUT2D eigenvalue weighted by Gasteiger charge is -2.35. The normalized spacial score (nSPS) is 15.2. The second kappa shape index (κ2) is 4.73. The van der Waals surface area contributed by atoms with E-state index in [-0.39, 0.29) is 12.1 Å². The summed E-state index contributed by atoms with van der Waals surface area (Å²) < 4.78 is 34.6. The minimum atomic E-state index is -1.87. The summed E-state index contributed by atoms with van der Waals surface area (Å²) in [5.41, 5.74) is -4.75. The van der Waals surface area contributed by atoms with Crippen molar-refractivity contribution in [3.05, 3.63) is 43.7 Å². The molecule has 2 heterocycles. The molecule has 0 radical (unpaired) electrons. The van der Waals surface area contributed by atoms with Crippen LogP contribution in [0, 0.1) is 21.7 Å². The molecule has 0 bridgehead atoms. The third-order valence-electron chi connectivity index (χ3n) is 3.89. The minimum absolute atomic E-state index is 0.148. The molecule has 1 aromatic heterocycles. The molecule has 0 saturated carbocycles. The van der Waals surface area contributed by atoms with Gasteiger partial charge in [0.15, 0.2) is 5.75 Å². The van der Waals surface area contributed by atoms with Gasteiger partial charge in [-0.3, -0.25) is 14.9 Å². The molecular weight excluding hydrogens is 330 g/mol. The zero-order chi connectivity index (χ0) is 18.0. The van der Waals surface area contributed by atoms with Crippen molar-refractivity contribution in [2.45, 2.75) is 19.4 Å². The summed E-state index contributed by atoms with van der Waals surface area (Å²) in [5.74, 6) is -5.75. The number of aromatic nitrogens is 1. The number of carbonyl (C=O) groups is 1. The van der Waals surface area contributed by atoms with Gasteiger partial charge in [-0.25, -0.2) is 4.79 Å². The number of benzene rings is 1. The second-order valence-electron chi connectivity index (χ2n) is 5.93. The molecule has 1 aliphatic heterocycles. The number of nitro benzene ring substituents is 1. The van der Waals surface area contributed by atoms with E-state index < -0.39 is 55.9 Å². The van der Waals surface area contributed by atoms with Crippen molar-refractivity contribution in [3.63, 3.8) is 0 Å². The van der Waals surface area contributed by atoms with Crippen molar-refractivity contribution in [1.82, 2.24) is 4.57 Å². The van der Waals surface area contributed by atoms with Gasteiger partial charge >= 0.3 is 11.7 Å². The molecule has 0 aliphatic carbocycles. The minimum Gasteiger partial charge on any atom is -0.486 e. The Morgan fingerprint density at radius 3 is 2.58 bits per heavy atom. The van der Waals surface area contributed by atoms with Gasteiger partial charge in [0.25, 0.3) is 0 Å². The van der Waals surface area contributed by atoms with Crippen molar-refractivity contribution in [3.8, 4) is 5.75 Å². The van der Waals surface area contributed by atoms with E-state index >= 15 is 0 Å². The first-order valence-corrected chi connectivity index (χ1v) is 6.69. The van der Waals surface area contributed by atoms with Gasteiger partial charge in [-0.1, -0.05) is 0 Å². The van der Waals surface area contributed by atoms with E-state index in [0.29, 0.717) is 0 Å². The molecule has 1 aliphatic rings. The van der Waals surface area contributed by atoms with E-state index in [9.17, 15) is 33.6 Å². The smallest absolute Gasteiger partial charge is 0.341 e. The monoisotopic (exact) mass is 340 g/mol. The fourth-order valence-electron chi connectivity index (χ4n) is 2.73. The summed E-state index contributed by atoms with van der Waals surface area (Å²) in [7, 11) is 0. The Labute approximate surface area is 132 Å². The Kier molecular flexibility index (Phi) is 3.12. The van der Waals surface area contributed by atoms with Crippen molar-refractivity contribution >= 4 is 22.6 Å². The SMILES string of the molecule is CC1(C)COc2c(F)c(F)c([N+](=O)[O-])c3c(=O)c(C(=O)O)cn1c23. The first kappa shape index (κ1) is 15.8. The molecule has 8 nitrogen and oxygen atoms in total. The summed E-state index contributed by atoms with van der Waals surface area (Å²) in [6.45, 7) is 3.04. The van der Waals surface area contributed by atoms with Crippen molar-refractivity contribution in [2.24, 2.45) is 0 Å². The van der Waals surface area contributed by atoms with Crippen LogP contribution in [0.2, 0.25) is 0 Å². The van der Waals surface area contributed by atoms with Crippen molar-refractivity contribution in [1.29, 1.82) is 0 Å². The number of nitrogens with zero attached hydrogens (tertiary/aromatic N) is 2. The van der Waals surface area contributed by atoms with Crippen LogP contribution < -0.4 is 10.2 Å². The molecule has 3 rings (SSSR count). The Morgan fingerprint density at radius 1 is 1.42 bits per heavy atom. The Morgan fingerprint density at radius 2 is 2.04 bits per heavy atom. The predicted molar refractivity (Wildman–Crippen MR) is 76.6 cm³/mol. The number of halogens is 2. The van der Waals surface area contributed by atoms with E-state index in [1.807, 2.05) is 0 Å². The highest BCUT2D eigenvalue weighted by Gasteiger charge is 2.39. The molecule has 126 valence electrons. The Hall–Kier alpha value is -3.04. The lowest BCUT2D eigenvalue weighted by Crippen LogP contribution is -2.39. The quantitative estimate of drug-likeness (QED) is 0.661. The van der Waals surface area contributed by atoms with Crippen LogP contribution in [0.5, 0.6) is 5.75 Å². The fourth-order valence-corrected chi connectivity index (χ4v) is 2.73. The van der Waals surface area contributed by atoms with E-state index in [2.05, 4.69) is 0 Å². The lowest BCUT2D eigenvalue weighted by molar-refractivity contribution is -0.386. The van der Waals surface area contributed by atoms with Crippen LogP contribution in [-0.4, -0.2) is 27.2 Å². The molecule has 2 aromatic rings. The highest BCUT2D eigenvalue weighted by atomic mass is 19.2. The van der Waals surface area contributed by atoms with Crippen LogP contribution in [0.25, 0.3) is 10.9 Å². The maximum atomic E-state index is 14.2. The van der Waals surface area contributed by atoms with Crippen LogP contribution in [0.3, 0.4) is 0 Å². The molecule has 1 N–H and O–H groups in total. The standard InChI is InChI=1S/C14H10F2N2O6/c1-14(2)4-24-12-8(16)7(15)9(18(22)23)6-10(12)17(14)3-5(11(6)19)13(20)21/h3H,4H2,1-2H3,(H,20,21). The van der Waals surface area contributed by atoms with Crippen molar-refractivity contribution in [2.75, 3.05) is 6.61 Å². The molecule has 24 heavy (non-hydrogen) atoms. The number of hydrogen-bond acceptors (Lipinski definition) is 5. The number of nitro groups is 1. The molecule has 0 amide bonds. The number of carboxylic acid groups (broad SMARTS) is 1. The van der Waals surface area contributed by atoms with Gasteiger partial charge in [-0.05, 0) is 13.8 Å². The summed E-state index contributed by atoms with van der Waals surface area (Å²) in [6, 6.07) is 0. The molecule has 0 saturated heterocycles. The van der Waals surface area contributed by atoms with Crippen LogP contribution >= 0.6 is 0 Å². The number of rotatable bonds is 2. The van der Waals surface area contributed by atoms with E-state index in [0.717, 1.165) is 6.20 Å². The fraction of sp³-hybridized carbons (Fsp3) is 0.286. The highest BCUT2D eigenvalue weighted by molar-refractivity contribution is 5.99. The van der Waals surface area contributed by atoms with Gasteiger partial charge < -0.3 is 14.4 Å². The van der Waals surface area contributed by atoms with E-state index in [1.54, 1.807) is 13.8 Å². The van der Waals surface area contributed by atoms with Gasteiger partial charge in [0.1, 0.15) is 23.1 Å². The molecule has 0 fully saturated rings. The van der Waals surface area contributed by atoms with Crippen LogP contribution in [0.1, 0.15) is 24.2 Å². The number of ether oxygens (including phenoxy) is 1. The summed E-state index contributed by atoms with van der Waals surface area (Å²) in [6.07, 6.45) is 0.958. The summed E-state index contributed by atoms with van der Waals surface area (Å²) >= 11 is 0. The average molecular weight is 340 g/mol. The van der Waals surface area contributed by atoms with Crippen LogP contribution in [0.4, 0.5) is 14.5 Å². The van der Waals surface area contributed by atoms with Crippen LogP contribution in [0.15, 0.2) is 11.0 Å². The molecular formula is C14H10F2N2O6. The number of aromatic carboxylic acids is 1. The largest absolute Gasteiger partial charge is 0.486 e. The van der Waals surface area contributed by atoms with Gasteiger partial charge in [0.2, 0.25) is 17.1 Å². The Balaban J connectivity index is 2.72. The van der Waals surface area contributed by atoms with Crippen LogP contribution in [-0.2, 0) is 5.54 Å². The molecule has 0 spiro atoms. The highest BCUT2D eigenvalue weighted by Crippen LogP contribution is 2.42. The summed E-state index contributed by atoms with van der Waals surface area (Å²) in [4.78, 5) is 33.6. The predicted octanol–water partition coefficient (Wildman–Crippen LogP) is 2.01. The third-order valence-corrected chi connectivity index (χ3v) is 3.89. The molecule has 1 aromatic carbocycles. The van der Waals surface area contributed by atoms with E-state index in [1.165, 1.54) is 4.57 Å². The van der Waals surface area contributed by atoms with Crippen molar-refractivity contribution < 1.29 is 28.3 Å². The van der Waals surface area contributed by atoms with E-state index in [4.69, 9.17) is 4.74 Å². The first-order valence-electron chi connectivity index (χ1n) is 6.69. The van der Waals surface area contributed by atoms with Gasteiger partial charge in [0, 0.05) is 6.20 Å². The number of pyridine rings is 1. The molecule has 0 unspecified atom stereocenters. The lowest BCUT2D eigenvalue weighted by atomic mass is 9.99. The number of hydrogen-bond donors (Lipinski definition) is 1. The topological polar surface area (TPSA) is 112 Å². The third kappa shape index (κ3) is 1.88. The van der Waals surface area contributed by atoms with Gasteiger partial charge in [0.05, 0.1) is 10.5 Å². The van der Waals surface area contributed by atoms with Gasteiger partial charge in [-0.2, -0.15) is 8.78 Å². The maximum Gasteiger partial charge on any atom is 0.341 e. The van der Waals surface area contributed by atoms with Gasteiger partial charge in [-0.15, -0.1) is 0 Å². The first-order chi connectivity index (χ1) is 11.1. The Bertz CT molecular complexity index is 995. The zero-order valence-electron chi connectivity index (χ0n) is 12.4. The summed E-state index contributed by atoms with van der Waals surface area (Å²) in [5, 5.41) is 19.5.